The Morgan fingerprint density at radius 2 is 1.96 bits per heavy atom. The highest BCUT2D eigenvalue weighted by molar-refractivity contribution is 5.82. The van der Waals surface area contributed by atoms with E-state index in [1.807, 2.05) is 18.2 Å². The maximum absolute atomic E-state index is 11.7. The van der Waals surface area contributed by atoms with E-state index in [4.69, 9.17) is 9.47 Å². The van der Waals surface area contributed by atoms with E-state index >= 15 is 0 Å². The Balaban J connectivity index is 1.70. The lowest BCUT2D eigenvalue weighted by atomic mass is 10.3. The van der Waals surface area contributed by atoms with Gasteiger partial charge in [-0.1, -0.05) is 19.4 Å². The first-order valence-corrected chi connectivity index (χ1v) is 7.85. The molecule has 1 aromatic carbocycles. The molecular weight excluding hydrogens is 306 g/mol. The van der Waals surface area contributed by atoms with Crippen LogP contribution < -0.4 is 14.9 Å². The third-order valence-corrected chi connectivity index (χ3v) is 3.05. The summed E-state index contributed by atoms with van der Waals surface area (Å²) in [5.74, 6) is 1.06. The predicted molar refractivity (Wildman–Crippen MR) is 92.3 cm³/mol. The van der Waals surface area contributed by atoms with Gasteiger partial charge in [-0.2, -0.15) is 5.10 Å². The van der Waals surface area contributed by atoms with Crippen molar-refractivity contribution in [3.05, 3.63) is 54.4 Å². The first-order valence-electron chi connectivity index (χ1n) is 7.85. The molecule has 0 aliphatic carbocycles. The SMILES string of the molecule is CCCCOc1ccc(OCC(=O)NN=Cc2cccnc2)cc1. The lowest BCUT2D eigenvalue weighted by Crippen LogP contribution is -2.24. The molecule has 24 heavy (non-hydrogen) atoms. The number of nitrogens with zero attached hydrogens (tertiary/aromatic N) is 2. The van der Waals surface area contributed by atoms with E-state index in [2.05, 4.69) is 22.4 Å². The molecule has 0 spiro atoms. The lowest BCUT2D eigenvalue weighted by molar-refractivity contribution is -0.123. The van der Waals surface area contributed by atoms with Crippen molar-refractivity contribution in [2.24, 2.45) is 5.10 Å². The van der Waals surface area contributed by atoms with Gasteiger partial charge < -0.3 is 9.47 Å². The maximum Gasteiger partial charge on any atom is 0.277 e. The summed E-state index contributed by atoms with van der Waals surface area (Å²) < 4.78 is 11.0. The number of rotatable bonds is 9. The van der Waals surface area contributed by atoms with E-state index in [1.165, 1.54) is 6.21 Å². The van der Waals surface area contributed by atoms with Gasteiger partial charge in [0.05, 0.1) is 12.8 Å². The maximum atomic E-state index is 11.7. The summed E-state index contributed by atoms with van der Waals surface area (Å²) in [4.78, 5) is 15.6. The highest BCUT2D eigenvalue weighted by atomic mass is 16.5. The van der Waals surface area contributed by atoms with Gasteiger partial charge in [0.2, 0.25) is 0 Å². The van der Waals surface area contributed by atoms with Gasteiger partial charge in [-0.15, -0.1) is 0 Å². The topological polar surface area (TPSA) is 72.8 Å². The minimum absolute atomic E-state index is 0.111. The van der Waals surface area contributed by atoms with E-state index in [1.54, 1.807) is 30.6 Å². The summed E-state index contributed by atoms with van der Waals surface area (Å²) in [6.45, 7) is 2.71. The average molecular weight is 327 g/mol. The van der Waals surface area contributed by atoms with Crippen molar-refractivity contribution in [2.75, 3.05) is 13.2 Å². The zero-order valence-corrected chi connectivity index (χ0v) is 13.6. The molecule has 2 aromatic rings. The number of carbonyl (C=O) groups is 1. The van der Waals surface area contributed by atoms with Gasteiger partial charge >= 0.3 is 0 Å². The minimum Gasteiger partial charge on any atom is -0.494 e. The number of hydrogen-bond donors (Lipinski definition) is 1. The molecule has 1 amide bonds. The van der Waals surface area contributed by atoms with E-state index in [9.17, 15) is 4.79 Å². The summed E-state index contributed by atoms with van der Waals surface area (Å²) in [6.07, 6.45) is 6.96. The second-order valence-corrected chi connectivity index (χ2v) is 5.04. The van der Waals surface area contributed by atoms with Crippen LogP contribution in [-0.2, 0) is 4.79 Å². The number of amides is 1. The number of hydrogen-bond acceptors (Lipinski definition) is 5. The molecule has 0 unspecified atom stereocenters. The van der Waals surface area contributed by atoms with Crippen molar-refractivity contribution in [1.29, 1.82) is 0 Å². The van der Waals surface area contributed by atoms with E-state index < -0.39 is 0 Å². The number of aromatic nitrogens is 1. The second kappa shape index (κ2) is 9.99. The molecule has 1 heterocycles. The van der Waals surface area contributed by atoms with E-state index in [0.717, 1.165) is 24.2 Å². The molecule has 0 aliphatic rings. The van der Waals surface area contributed by atoms with Gasteiger partial charge in [-0.3, -0.25) is 9.78 Å². The molecule has 126 valence electrons. The molecule has 1 aromatic heterocycles. The van der Waals surface area contributed by atoms with Crippen LogP contribution in [0, 0.1) is 0 Å². The van der Waals surface area contributed by atoms with Crippen LogP contribution in [0.25, 0.3) is 0 Å². The van der Waals surface area contributed by atoms with Crippen LogP contribution in [-0.4, -0.2) is 30.3 Å². The predicted octanol–water partition coefficient (Wildman–Crippen LogP) is 2.79. The van der Waals surface area contributed by atoms with Crippen molar-refractivity contribution in [3.63, 3.8) is 0 Å². The van der Waals surface area contributed by atoms with Crippen LogP contribution in [0.5, 0.6) is 11.5 Å². The van der Waals surface area contributed by atoms with E-state index in [-0.39, 0.29) is 12.5 Å². The Morgan fingerprint density at radius 3 is 2.62 bits per heavy atom. The lowest BCUT2D eigenvalue weighted by Gasteiger charge is -2.07. The first kappa shape index (κ1) is 17.5. The molecular formula is C18H21N3O3. The summed E-state index contributed by atoms with van der Waals surface area (Å²) in [5, 5.41) is 3.85. The fourth-order valence-electron chi connectivity index (χ4n) is 1.78. The highest BCUT2D eigenvalue weighted by Crippen LogP contribution is 2.17. The van der Waals surface area contributed by atoms with Crippen LogP contribution in [0.3, 0.4) is 0 Å². The first-order chi connectivity index (χ1) is 11.8. The number of hydrazone groups is 1. The number of unbranched alkanes of at least 4 members (excludes halogenated alkanes) is 1. The van der Waals surface area contributed by atoms with Crippen LogP contribution in [0.4, 0.5) is 0 Å². The normalized spacial score (nSPS) is 10.5. The number of nitrogens with one attached hydrogen (secondary N) is 1. The Kier molecular flexibility index (Phi) is 7.27. The molecule has 6 heteroatoms. The monoisotopic (exact) mass is 327 g/mol. The van der Waals surface area contributed by atoms with Crippen molar-refractivity contribution >= 4 is 12.1 Å². The Bertz CT molecular complexity index is 642. The van der Waals surface area contributed by atoms with Crippen molar-refractivity contribution < 1.29 is 14.3 Å². The van der Waals surface area contributed by atoms with Crippen LogP contribution in [0.1, 0.15) is 25.3 Å². The standard InChI is InChI=1S/C18H21N3O3/c1-2-3-11-23-16-6-8-17(9-7-16)24-14-18(22)21-20-13-15-5-4-10-19-12-15/h4-10,12-13H,2-3,11,14H2,1H3,(H,21,22). The van der Waals surface area contributed by atoms with Crippen LogP contribution in [0.2, 0.25) is 0 Å². The Morgan fingerprint density at radius 1 is 1.21 bits per heavy atom. The number of carbonyl (C=O) groups excluding carboxylic acids is 1. The van der Waals surface area contributed by atoms with Gasteiger partial charge in [0.1, 0.15) is 11.5 Å². The third-order valence-electron chi connectivity index (χ3n) is 3.05. The zero-order valence-electron chi connectivity index (χ0n) is 13.6. The average Bonchev–Trinajstić information content (AvgIpc) is 2.62. The molecule has 0 atom stereocenters. The van der Waals surface area contributed by atoms with Gasteiger partial charge in [0.15, 0.2) is 6.61 Å². The molecule has 0 saturated heterocycles. The molecule has 6 nitrogen and oxygen atoms in total. The third kappa shape index (κ3) is 6.48. The van der Waals surface area contributed by atoms with Gasteiger partial charge in [0, 0.05) is 18.0 Å². The van der Waals surface area contributed by atoms with Gasteiger partial charge in [-0.25, -0.2) is 5.43 Å². The summed E-state index contributed by atoms with van der Waals surface area (Å²) >= 11 is 0. The minimum atomic E-state index is -0.335. The van der Waals surface area contributed by atoms with Crippen molar-refractivity contribution in [2.45, 2.75) is 19.8 Å². The number of benzene rings is 1. The molecule has 0 aliphatic heterocycles. The summed E-state index contributed by atoms with van der Waals surface area (Å²) in [5.41, 5.74) is 3.20. The molecule has 1 N–H and O–H groups in total. The highest BCUT2D eigenvalue weighted by Gasteiger charge is 2.02. The molecule has 2 rings (SSSR count). The molecule has 0 bridgehead atoms. The largest absolute Gasteiger partial charge is 0.494 e. The molecule has 0 saturated carbocycles. The van der Waals surface area contributed by atoms with Crippen molar-refractivity contribution in [1.82, 2.24) is 10.4 Å². The number of pyridine rings is 1. The second-order valence-electron chi connectivity index (χ2n) is 5.04. The van der Waals surface area contributed by atoms with Crippen LogP contribution >= 0.6 is 0 Å². The summed E-state index contributed by atoms with van der Waals surface area (Å²) in [7, 11) is 0. The molecule has 0 fully saturated rings. The quantitative estimate of drug-likeness (QED) is 0.437. The fourth-order valence-corrected chi connectivity index (χ4v) is 1.78. The van der Waals surface area contributed by atoms with Crippen molar-refractivity contribution in [3.8, 4) is 11.5 Å². The van der Waals surface area contributed by atoms with Crippen LogP contribution in [0.15, 0.2) is 53.9 Å². The Hall–Kier alpha value is -2.89. The van der Waals surface area contributed by atoms with Gasteiger partial charge in [0.25, 0.3) is 5.91 Å². The van der Waals surface area contributed by atoms with Gasteiger partial charge in [-0.05, 0) is 36.8 Å². The zero-order chi connectivity index (χ0) is 17.0. The summed E-state index contributed by atoms with van der Waals surface area (Å²) in [6, 6.07) is 10.8. The number of ether oxygens (including phenoxy) is 2. The fraction of sp³-hybridized carbons (Fsp3) is 0.278. The van der Waals surface area contributed by atoms with E-state index in [0.29, 0.717) is 12.4 Å². The Labute approximate surface area is 141 Å². The smallest absolute Gasteiger partial charge is 0.277 e. The molecule has 0 radical (unpaired) electrons.